The molecule has 34 heavy (non-hydrogen) atoms. The molecular formula is C21H15F6N3O3S. The number of sulfonamides is 1. The minimum Gasteiger partial charge on any atom is -0.346 e. The number of nitriles is 1. The minimum atomic E-state index is -4.85. The molecule has 6 nitrogen and oxygen atoms in total. The Morgan fingerprint density at radius 2 is 1.56 bits per heavy atom. The average Bonchev–Trinajstić information content (AvgIpc) is 2.67. The molecule has 0 saturated heterocycles. The lowest BCUT2D eigenvalue weighted by Crippen LogP contribution is -2.78. The summed E-state index contributed by atoms with van der Waals surface area (Å²) in [6, 6.07) is 8.07. The predicted octanol–water partition coefficient (Wildman–Crippen LogP) is 4.59. The maximum atomic E-state index is 13.2. The SMILES string of the molecule is N#Cc1ccc(S(=O)(=O)Nc2cc(C(F)(F)F)ccc2C(=O)NC23CC(C(F)(F)F)(C2)C3)cc1. The second-order valence-corrected chi connectivity index (χ2v) is 10.2. The van der Waals surface area contributed by atoms with Gasteiger partial charge in [-0.2, -0.15) is 31.6 Å². The topological polar surface area (TPSA) is 99.1 Å². The number of nitrogens with zero attached hydrogens (tertiary/aromatic N) is 1. The first-order valence-corrected chi connectivity index (χ1v) is 11.2. The molecule has 1 amide bonds. The fourth-order valence-electron chi connectivity index (χ4n) is 4.44. The Kier molecular flexibility index (Phi) is 5.17. The minimum absolute atomic E-state index is 0.147. The lowest BCUT2D eigenvalue weighted by molar-refractivity contribution is -0.336. The fourth-order valence-corrected chi connectivity index (χ4v) is 5.52. The number of rotatable bonds is 5. The van der Waals surface area contributed by atoms with Crippen LogP contribution in [0, 0.1) is 16.7 Å². The molecule has 0 spiro atoms. The van der Waals surface area contributed by atoms with Gasteiger partial charge in [0.05, 0.1) is 38.8 Å². The summed E-state index contributed by atoms with van der Waals surface area (Å²) >= 11 is 0. The Bertz CT molecular complexity index is 1290. The molecule has 0 heterocycles. The van der Waals surface area contributed by atoms with Crippen LogP contribution < -0.4 is 10.0 Å². The van der Waals surface area contributed by atoms with E-state index in [9.17, 15) is 39.6 Å². The van der Waals surface area contributed by atoms with Gasteiger partial charge in [-0.25, -0.2) is 8.42 Å². The molecule has 0 unspecified atom stereocenters. The summed E-state index contributed by atoms with van der Waals surface area (Å²) in [6.45, 7) is 0. The zero-order valence-corrected chi connectivity index (χ0v) is 17.8. The number of hydrogen-bond donors (Lipinski definition) is 2. The lowest BCUT2D eigenvalue weighted by atomic mass is 9.39. The number of hydrogen-bond acceptors (Lipinski definition) is 4. The van der Waals surface area contributed by atoms with Crippen molar-refractivity contribution in [2.75, 3.05) is 4.72 Å². The molecule has 3 fully saturated rings. The molecule has 2 N–H and O–H groups in total. The summed E-state index contributed by atoms with van der Waals surface area (Å²) in [4.78, 5) is 12.4. The normalized spacial score (nSPS) is 23.8. The van der Waals surface area contributed by atoms with E-state index in [2.05, 4.69) is 5.32 Å². The van der Waals surface area contributed by atoms with Gasteiger partial charge in [-0.3, -0.25) is 9.52 Å². The summed E-state index contributed by atoms with van der Waals surface area (Å²) in [5.74, 6) is -0.998. The number of halogens is 6. The number of carbonyl (C=O) groups is 1. The number of carbonyl (C=O) groups excluding carboxylic acids is 1. The molecule has 3 saturated carbocycles. The highest BCUT2D eigenvalue weighted by atomic mass is 32.2. The van der Waals surface area contributed by atoms with Gasteiger partial charge in [0.25, 0.3) is 15.9 Å². The molecule has 13 heteroatoms. The summed E-state index contributed by atoms with van der Waals surface area (Å²) in [5.41, 5.74) is -5.24. The fraction of sp³-hybridized carbons (Fsp3) is 0.333. The molecule has 180 valence electrons. The van der Waals surface area contributed by atoms with Gasteiger partial charge in [-0.15, -0.1) is 0 Å². The molecule has 0 aliphatic heterocycles. The van der Waals surface area contributed by atoms with Crippen LogP contribution in [0.25, 0.3) is 0 Å². The Morgan fingerprint density at radius 1 is 0.971 bits per heavy atom. The van der Waals surface area contributed by atoms with Crippen molar-refractivity contribution >= 4 is 21.6 Å². The van der Waals surface area contributed by atoms with Crippen molar-refractivity contribution in [2.24, 2.45) is 5.41 Å². The van der Waals surface area contributed by atoms with Crippen molar-refractivity contribution in [1.82, 2.24) is 5.32 Å². The van der Waals surface area contributed by atoms with E-state index in [0.29, 0.717) is 12.1 Å². The smallest absolute Gasteiger partial charge is 0.346 e. The van der Waals surface area contributed by atoms with Crippen molar-refractivity contribution in [3.63, 3.8) is 0 Å². The zero-order valence-electron chi connectivity index (χ0n) is 17.0. The third kappa shape index (κ3) is 3.96. The number of benzene rings is 2. The van der Waals surface area contributed by atoms with Crippen LogP contribution in [0.15, 0.2) is 47.4 Å². The van der Waals surface area contributed by atoms with Crippen molar-refractivity contribution < 1.29 is 39.6 Å². The van der Waals surface area contributed by atoms with Gasteiger partial charge in [-0.05, 0) is 61.7 Å². The summed E-state index contributed by atoms with van der Waals surface area (Å²) < 4.78 is 106. The van der Waals surface area contributed by atoms with E-state index in [1.807, 2.05) is 4.72 Å². The van der Waals surface area contributed by atoms with Crippen LogP contribution in [0.1, 0.15) is 40.7 Å². The molecule has 2 bridgehead atoms. The Labute approximate surface area is 189 Å². The van der Waals surface area contributed by atoms with Crippen LogP contribution in [0.2, 0.25) is 0 Å². The quantitative estimate of drug-likeness (QED) is 0.583. The van der Waals surface area contributed by atoms with E-state index in [0.717, 1.165) is 18.2 Å². The lowest BCUT2D eigenvalue weighted by Gasteiger charge is -2.70. The highest BCUT2D eigenvalue weighted by molar-refractivity contribution is 7.92. The maximum absolute atomic E-state index is 13.2. The molecular weight excluding hydrogens is 488 g/mol. The van der Waals surface area contributed by atoms with E-state index in [1.165, 1.54) is 12.1 Å². The van der Waals surface area contributed by atoms with E-state index in [1.54, 1.807) is 6.07 Å². The van der Waals surface area contributed by atoms with Gasteiger partial charge in [0.1, 0.15) is 0 Å². The van der Waals surface area contributed by atoms with E-state index >= 15 is 0 Å². The molecule has 3 aliphatic carbocycles. The third-order valence-electron chi connectivity index (χ3n) is 6.14. The second-order valence-electron chi connectivity index (χ2n) is 8.54. The monoisotopic (exact) mass is 503 g/mol. The van der Waals surface area contributed by atoms with Crippen LogP contribution >= 0.6 is 0 Å². The summed E-state index contributed by atoms with van der Waals surface area (Å²) in [6.07, 6.45) is -10.3. The van der Waals surface area contributed by atoms with Crippen LogP contribution in [0.4, 0.5) is 32.0 Å². The number of nitrogens with one attached hydrogen (secondary N) is 2. The molecule has 0 radical (unpaired) electrons. The Morgan fingerprint density at radius 3 is 2.06 bits per heavy atom. The number of anilines is 1. The van der Waals surface area contributed by atoms with Gasteiger partial charge < -0.3 is 5.32 Å². The zero-order chi connectivity index (χ0) is 25.2. The second kappa shape index (κ2) is 7.36. The summed E-state index contributed by atoms with van der Waals surface area (Å²) in [5, 5.41) is 11.2. The first kappa shape index (κ1) is 23.9. The predicted molar refractivity (Wildman–Crippen MR) is 106 cm³/mol. The molecule has 2 aromatic rings. The number of alkyl halides is 6. The summed E-state index contributed by atoms with van der Waals surface area (Å²) in [7, 11) is -4.47. The largest absolute Gasteiger partial charge is 0.416 e. The number of amides is 1. The van der Waals surface area contributed by atoms with Crippen molar-refractivity contribution in [3.05, 3.63) is 59.2 Å². The molecule has 3 aliphatic rings. The average molecular weight is 503 g/mol. The van der Waals surface area contributed by atoms with E-state index in [-0.39, 0.29) is 29.7 Å². The van der Waals surface area contributed by atoms with Crippen LogP contribution in [-0.4, -0.2) is 26.0 Å². The van der Waals surface area contributed by atoms with E-state index in [4.69, 9.17) is 5.26 Å². The highest BCUT2D eigenvalue weighted by Gasteiger charge is 2.79. The van der Waals surface area contributed by atoms with Gasteiger partial charge >= 0.3 is 12.4 Å². The highest BCUT2D eigenvalue weighted by Crippen LogP contribution is 2.73. The van der Waals surface area contributed by atoms with Gasteiger partial charge in [-0.1, -0.05) is 0 Å². The third-order valence-corrected chi connectivity index (χ3v) is 7.52. The molecule has 0 aromatic heterocycles. The molecule has 2 aromatic carbocycles. The van der Waals surface area contributed by atoms with Crippen LogP contribution in [0.5, 0.6) is 0 Å². The first-order chi connectivity index (χ1) is 15.6. The van der Waals surface area contributed by atoms with Crippen molar-refractivity contribution in [1.29, 1.82) is 5.26 Å². The van der Waals surface area contributed by atoms with E-state index < -0.39 is 56.1 Å². The Hall–Kier alpha value is -3.27. The standard InChI is InChI=1S/C21H15F6N3O3S/c22-20(23,24)13-3-6-15(17(31)29-19-9-18(10-19,11-19)21(25,26)27)16(7-13)30-34(32,33)14-4-1-12(8-28)2-5-14/h1-7,30H,9-11H2,(H,29,31). The van der Waals surface area contributed by atoms with Gasteiger partial charge in [0, 0.05) is 5.54 Å². The maximum Gasteiger partial charge on any atom is 0.416 e. The first-order valence-electron chi connectivity index (χ1n) is 9.73. The van der Waals surface area contributed by atoms with Gasteiger partial charge in [0.15, 0.2) is 0 Å². The van der Waals surface area contributed by atoms with Gasteiger partial charge in [0.2, 0.25) is 0 Å². The van der Waals surface area contributed by atoms with Crippen molar-refractivity contribution in [3.8, 4) is 6.07 Å². The van der Waals surface area contributed by atoms with Crippen LogP contribution in [-0.2, 0) is 16.2 Å². The van der Waals surface area contributed by atoms with Crippen molar-refractivity contribution in [2.45, 2.75) is 42.0 Å². The van der Waals surface area contributed by atoms with Crippen LogP contribution in [0.3, 0.4) is 0 Å². The molecule has 5 rings (SSSR count). The Balaban J connectivity index is 1.62. The molecule has 0 atom stereocenters.